The van der Waals surface area contributed by atoms with E-state index in [0.29, 0.717) is 13.0 Å². The van der Waals surface area contributed by atoms with Crippen LogP contribution in [0.2, 0.25) is 0 Å². The third kappa shape index (κ3) is 1.94. The molecule has 0 radical (unpaired) electrons. The van der Waals surface area contributed by atoms with Gasteiger partial charge in [-0.1, -0.05) is 0 Å². The highest BCUT2D eigenvalue weighted by atomic mass is 19.1. The lowest BCUT2D eigenvalue weighted by molar-refractivity contribution is -0.0299. The summed E-state index contributed by atoms with van der Waals surface area (Å²) in [6.45, 7) is 3.38. The molecule has 0 aromatic carbocycles. The van der Waals surface area contributed by atoms with Gasteiger partial charge in [0.2, 0.25) is 0 Å². The van der Waals surface area contributed by atoms with E-state index in [9.17, 15) is 9.50 Å². The summed E-state index contributed by atoms with van der Waals surface area (Å²) < 4.78 is 13.2. The Bertz CT molecular complexity index is 207. The maximum Gasteiger partial charge on any atom is 0.113 e. The molecule has 1 N–H and O–H groups in total. The van der Waals surface area contributed by atoms with Crippen molar-refractivity contribution >= 4 is 0 Å². The van der Waals surface area contributed by atoms with Crippen molar-refractivity contribution in [2.24, 2.45) is 0 Å². The lowest BCUT2D eigenvalue weighted by Gasteiger charge is -2.39. The standard InChI is InChI=1S/C11H20FNO/c1-11(14)6-2-5-10(11)13-7-3-4-9(12)8-13/h9-10,14H,2-8H2,1H3. The van der Waals surface area contributed by atoms with Crippen LogP contribution in [0, 0.1) is 0 Å². The molecule has 1 saturated carbocycles. The van der Waals surface area contributed by atoms with E-state index < -0.39 is 11.8 Å². The van der Waals surface area contributed by atoms with E-state index in [4.69, 9.17) is 0 Å². The summed E-state index contributed by atoms with van der Waals surface area (Å²) in [5.41, 5.74) is -0.586. The Labute approximate surface area is 85.1 Å². The fourth-order valence-corrected chi connectivity index (χ4v) is 2.94. The van der Waals surface area contributed by atoms with Gasteiger partial charge < -0.3 is 5.11 Å². The number of halogens is 1. The summed E-state index contributed by atoms with van der Waals surface area (Å²) in [5.74, 6) is 0. The lowest BCUT2D eigenvalue weighted by Crippen LogP contribution is -2.51. The van der Waals surface area contributed by atoms with Crippen LogP contribution in [-0.4, -0.2) is 40.9 Å². The molecule has 0 aromatic heterocycles. The number of hydrogen-bond acceptors (Lipinski definition) is 2. The molecule has 14 heavy (non-hydrogen) atoms. The van der Waals surface area contributed by atoms with Crippen molar-refractivity contribution in [3.8, 4) is 0 Å². The Morgan fingerprint density at radius 2 is 2.14 bits per heavy atom. The number of nitrogens with zero attached hydrogens (tertiary/aromatic N) is 1. The summed E-state index contributed by atoms with van der Waals surface area (Å²) in [7, 11) is 0. The first-order chi connectivity index (χ1) is 6.59. The van der Waals surface area contributed by atoms with Crippen molar-refractivity contribution in [1.29, 1.82) is 0 Å². The number of piperidine rings is 1. The first kappa shape index (κ1) is 10.4. The van der Waals surface area contributed by atoms with Crippen molar-refractivity contribution in [2.45, 2.75) is 56.8 Å². The van der Waals surface area contributed by atoms with Gasteiger partial charge >= 0.3 is 0 Å². The molecule has 3 unspecified atom stereocenters. The van der Waals surface area contributed by atoms with E-state index in [1.807, 2.05) is 6.92 Å². The van der Waals surface area contributed by atoms with E-state index in [1.54, 1.807) is 0 Å². The SMILES string of the molecule is CC1(O)CCCC1N1CCCC(F)C1. The summed E-state index contributed by atoms with van der Waals surface area (Å²) in [4.78, 5) is 2.15. The van der Waals surface area contributed by atoms with Crippen LogP contribution in [-0.2, 0) is 0 Å². The predicted molar refractivity (Wildman–Crippen MR) is 54.0 cm³/mol. The minimum Gasteiger partial charge on any atom is -0.389 e. The molecule has 1 aliphatic carbocycles. The molecule has 1 saturated heterocycles. The number of aliphatic hydroxyl groups is 1. The maximum atomic E-state index is 13.2. The van der Waals surface area contributed by atoms with Gasteiger partial charge in [-0.15, -0.1) is 0 Å². The number of likely N-dealkylation sites (tertiary alicyclic amines) is 1. The molecule has 0 spiro atoms. The normalized spacial score (nSPS) is 45.6. The zero-order chi connectivity index (χ0) is 10.2. The van der Waals surface area contributed by atoms with Crippen LogP contribution in [0.15, 0.2) is 0 Å². The van der Waals surface area contributed by atoms with Gasteiger partial charge in [-0.05, 0) is 45.6 Å². The molecule has 1 heterocycles. The molecule has 2 aliphatic rings. The van der Waals surface area contributed by atoms with Crippen molar-refractivity contribution in [3.63, 3.8) is 0 Å². The minimum absolute atomic E-state index is 0.195. The number of alkyl halides is 1. The quantitative estimate of drug-likeness (QED) is 0.698. The maximum absolute atomic E-state index is 13.2. The minimum atomic E-state index is -0.680. The fraction of sp³-hybridized carbons (Fsp3) is 1.00. The van der Waals surface area contributed by atoms with Crippen molar-refractivity contribution < 1.29 is 9.50 Å². The number of hydrogen-bond donors (Lipinski definition) is 1. The first-order valence-electron chi connectivity index (χ1n) is 5.70. The van der Waals surface area contributed by atoms with Crippen LogP contribution < -0.4 is 0 Å². The van der Waals surface area contributed by atoms with E-state index >= 15 is 0 Å². The Hall–Kier alpha value is -0.150. The molecular weight excluding hydrogens is 181 g/mol. The Balaban J connectivity index is 2.00. The second-order valence-corrected chi connectivity index (χ2v) is 5.00. The summed E-state index contributed by atoms with van der Waals surface area (Å²) in [5, 5.41) is 10.1. The third-order valence-corrected chi connectivity index (χ3v) is 3.71. The second kappa shape index (κ2) is 3.78. The third-order valence-electron chi connectivity index (χ3n) is 3.71. The molecule has 3 heteroatoms. The van der Waals surface area contributed by atoms with E-state index in [-0.39, 0.29) is 6.04 Å². The summed E-state index contributed by atoms with van der Waals surface area (Å²) in [6, 6.07) is 0.195. The molecule has 0 amide bonds. The average Bonchev–Trinajstić information content (AvgIpc) is 2.45. The highest BCUT2D eigenvalue weighted by molar-refractivity contribution is 4.96. The van der Waals surface area contributed by atoms with Gasteiger partial charge in [0, 0.05) is 12.6 Å². The van der Waals surface area contributed by atoms with Gasteiger partial charge in [-0.2, -0.15) is 0 Å². The Morgan fingerprint density at radius 1 is 1.36 bits per heavy atom. The smallest absolute Gasteiger partial charge is 0.113 e. The molecule has 1 aliphatic heterocycles. The van der Waals surface area contributed by atoms with Crippen LogP contribution in [0.25, 0.3) is 0 Å². The number of rotatable bonds is 1. The fourth-order valence-electron chi connectivity index (χ4n) is 2.94. The molecule has 0 aromatic rings. The predicted octanol–water partition coefficient (Wildman–Crippen LogP) is 1.72. The van der Waals surface area contributed by atoms with Crippen molar-refractivity contribution in [2.75, 3.05) is 13.1 Å². The van der Waals surface area contributed by atoms with Crippen molar-refractivity contribution in [1.82, 2.24) is 4.90 Å². The first-order valence-corrected chi connectivity index (χ1v) is 5.70. The average molecular weight is 201 g/mol. The van der Waals surface area contributed by atoms with Gasteiger partial charge in [0.1, 0.15) is 6.17 Å². The Morgan fingerprint density at radius 3 is 2.71 bits per heavy atom. The molecule has 2 rings (SSSR count). The van der Waals surface area contributed by atoms with Gasteiger partial charge in [0.15, 0.2) is 0 Å². The van der Waals surface area contributed by atoms with Crippen LogP contribution >= 0.6 is 0 Å². The molecule has 3 atom stereocenters. The van der Waals surface area contributed by atoms with E-state index in [2.05, 4.69) is 4.90 Å². The lowest BCUT2D eigenvalue weighted by atomic mass is 9.96. The summed E-state index contributed by atoms with van der Waals surface area (Å²) >= 11 is 0. The largest absolute Gasteiger partial charge is 0.389 e. The van der Waals surface area contributed by atoms with Crippen LogP contribution in [0.3, 0.4) is 0 Å². The van der Waals surface area contributed by atoms with Gasteiger partial charge in [0.05, 0.1) is 5.60 Å². The molecule has 2 fully saturated rings. The van der Waals surface area contributed by atoms with Gasteiger partial charge in [-0.25, -0.2) is 4.39 Å². The van der Waals surface area contributed by atoms with E-state index in [0.717, 1.165) is 32.2 Å². The zero-order valence-corrected chi connectivity index (χ0v) is 8.88. The van der Waals surface area contributed by atoms with Crippen LogP contribution in [0.1, 0.15) is 39.0 Å². The van der Waals surface area contributed by atoms with E-state index in [1.165, 1.54) is 0 Å². The second-order valence-electron chi connectivity index (χ2n) is 5.00. The Kier molecular flexibility index (Phi) is 2.80. The molecule has 0 bridgehead atoms. The van der Waals surface area contributed by atoms with Gasteiger partial charge in [-0.3, -0.25) is 4.90 Å². The molecule has 82 valence electrons. The monoisotopic (exact) mass is 201 g/mol. The van der Waals surface area contributed by atoms with Crippen LogP contribution in [0.4, 0.5) is 4.39 Å². The zero-order valence-electron chi connectivity index (χ0n) is 8.88. The van der Waals surface area contributed by atoms with Crippen LogP contribution in [0.5, 0.6) is 0 Å². The molecule has 2 nitrogen and oxygen atoms in total. The van der Waals surface area contributed by atoms with Crippen molar-refractivity contribution in [3.05, 3.63) is 0 Å². The topological polar surface area (TPSA) is 23.5 Å². The molecular formula is C11H20FNO. The summed E-state index contributed by atoms with van der Waals surface area (Å²) in [6.07, 6.45) is 3.93. The highest BCUT2D eigenvalue weighted by Gasteiger charge is 2.41. The van der Waals surface area contributed by atoms with Gasteiger partial charge in [0.25, 0.3) is 0 Å². The highest BCUT2D eigenvalue weighted by Crippen LogP contribution is 2.34.